The fourth-order valence-corrected chi connectivity index (χ4v) is 2.09. The molecule has 1 aliphatic heterocycles. The zero-order chi connectivity index (χ0) is 15.4. The predicted octanol–water partition coefficient (Wildman–Crippen LogP) is 2.63. The van der Waals surface area contributed by atoms with Gasteiger partial charge >= 0.3 is 6.03 Å². The molecule has 2 aromatic rings. The maximum Gasteiger partial charge on any atom is 0.338 e. The number of hydrogen-bond donors (Lipinski definition) is 2. The Morgan fingerprint density at radius 3 is 3.00 bits per heavy atom. The average Bonchev–Trinajstić information content (AvgIpc) is 3.02. The monoisotopic (exact) mass is 297 g/mol. The van der Waals surface area contributed by atoms with Crippen molar-refractivity contribution in [2.75, 3.05) is 11.9 Å². The first-order valence-corrected chi connectivity index (χ1v) is 6.74. The second kappa shape index (κ2) is 6.13. The van der Waals surface area contributed by atoms with Gasteiger partial charge in [-0.25, -0.2) is 15.2 Å². The van der Waals surface area contributed by atoms with Crippen molar-refractivity contribution in [3.63, 3.8) is 0 Å². The maximum atomic E-state index is 12.1. The molecular formula is C15H15N5O2. The number of urea groups is 1. The molecule has 7 heteroatoms. The maximum absolute atomic E-state index is 12.1. The van der Waals surface area contributed by atoms with Gasteiger partial charge in [-0.2, -0.15) is 0 Å². The quantitative estimate of drug-likeness (QED) is 0.912. The van der Waals surface area contributed by atoms with Crippen molar-refractivity contribution in [1.82, 2.24) is 15.4 Å². The number of carbonyl (C=O) groups is 1. The van der Waals surface area contributed by atoms with E-state index in [0.29, 0.717) is 18.0 Å². The minimum atomic E-state index is -0.341. The molecule has 0 radical (unpaired) electrons. The zero-order valence-electron chi connectivity index (χ0n) is 12.0. The van der Waals surface area contributed by atoms with E-state index in [2.05, 4.69) is 20.7 Å². The number of nitrogens with zero attached hydrogens (tertiary/aromatic N) is 3. The van der Waals surface area contributed by atoms with Gasteiger partial charge in [0, 0.05) is 23.7 Å². The number of anilines is 1. The van der Waals surface area contributed by atoms with E-state index in [4.69, 9.17) is 4.42 Å². The molecule has 1 aliphatic rings. The lowest BCUT2D eigenvalue weighted by molar-refractivity contribution is 0.227. The highest BCUT2D eigenvalue weighted by Gasteiger charge is 2.13. The van der Waals surface area contributed by atoms with Gasteiger partial charge in [0.25, 0.3) is 0 Å². The van der Waals surface area contributed by atoms with Gasteiger partial charge in [0.15, 0.2) is 12.2 Å². The summed E-state index contributed by atoms with van der Waals surface area (Å²) in [5.41, 5.74) is 5.07. The van der Waals surface area contributed by atoms with Crippen LogP contribution in [0.4, 0.5) is 10.5 Å². The Hall–Kier alpha value is -3.09. The number of nitrogens with one attached hydrogen (secondary N) is 2. The molecule has 0 saturated carbocycles. The van der Waals surface area contributed by atoms with Crippen LogP contribution in [0.25, 0.3) is 11.3 Å². The molecule has 3 rings (SSSR count). The molecule has 0 bridgehead atoms. The lowest BCUT2D eigenvalue weighted by atomic mass is 10.1. The van der Waals surface area contributed by atoms with Gasteiger partial charge in [0.2, 0.25) is 0 Å². The van der Waals surface area contributed by atoms with Crippen LogP contribution in [0, 0.1) is 0 Å². The molecule has 2 N–H and O–H groups in total. The van der Waals surface area contributed by atoms with Crippen molar-refractivity contribution < 1.29 is 9.21 Å². The highest BCUT2D eigenvalue weighted by Crippen LogP contribution is 2.27. The molecule has 2 heterocycles. The lowest BCUT2D eigenvalue weighted by Gasteiger charge is -2.23. The third-order valence-corrected chi connectivity index (χ3v) is 3.06. The number of benzene rings is 1. The van der Waals surface area contributed by atoms with Crippen molar-refractivity contribution >= 4 is 17.4 Å². The summed E-state index contributed by atoms with van der Waals surface area (Å²) in [7, 11) is 0. The van der Waals surface area contributed by atoms with Gasteiger partial charge < -0.3 is 9.73 Å². The number of aliphatic imine (C=N–C) groups is 1. The number of rotatable bonds is 3. The molecule has 1 aromatic carbocycles. The Kier molecular flexibility index (Phi) is 3.86. The van der Waals surface area contributed by atoms with Crippen molar-refractivity contribution in [3.8, 4) is 11.3 Å². The van der Waals surface area contributed by atoms with Crippen LogP contribution < -0.4 is 10.7 Å². The lowest BCUT2D eigenvalue weighted by Crippen LogP contribution is -2.44. The van der Waals surface area contributed by atoms with E-state index in [1.165, 1.54) is 6.39 Å². The molecule has 0 unspecified atom stereocenters. The second-order valence-corrected chi connectivity index (χ2v) is 4.77. The molecular weight excluding hydrogens is 282 g/mol. The minimum absolute atomic E-state index is 0.341. The molecule has 0 spiro atoms. The third-order valence-electron chi connectivity index (χ3n) is 3.06. The molecule has 7 nitrogen and oxygen atoms in total. The Morgan fingerprint density at radius 2 is 2.23 bits per heavy atom. The van der Waals surface area contributed by atoms with Crippen LogP contribution in [0.1, 0.15) is 6.92 Å². The first kappa shape index (κ1) is 13.9. The Labute approximate surface area is 127 Å². The normalized spacial score (nSPS) is 13.7. The van der Waals surface area contributed by atoms with Gasteiger partial charge in [-0.3, -0.25) is 10.0 Å². The number of aromatic nitrogens is 1. The van der Waals surface area contributed by atoms with E-state index in [-0.39, 0.29) is 6.03 Å². The fraction of sp³-hybridized carbons (Fsp3) is 0.133. The number of oxazole rings is 1. The number of para-hydroxylation sites is 1. The number of hydrazine groups is 1. The molecule has 0 saturated heterocycles. The highest BCUT2D eigenvalue weighted by atomic mass is 16.3. The van der Waals surface area contributed by atoms with Crippen molar-refractivity contribution in [2.24, 2.45) is 4.99 Å². The summed E-state index contributed by atoms with van der Waals surface area (Å²) in [5.74, 6) is 0.594. The highest BCUT2D eigenvalue weighted by molar-refractivity contribution is 5.94. The number of carbonyl (C=O) groups excluding carboxylic acids is 1. The minimum Gasteiger partial charge on any atom is -0.443 e. The smallest absolute Gasteiger partial charge is 0.338 e. The standard InChI is InChI=1S/C15H15N5O2/c1-11-9-20(7-6-17-11)19-15(21)18-13-5-3-2-4-12(13)14-8-16-10-22-14/h2-8,10H,9H2,1H3,(H2,18,19,21). The van der Waals surface area contributed by atoms with E-state index in [1.807, 2.05) is 25.1 Å². The molecule has 2 amide bonds. The third kappa shape index (κ3) is 3.14. The van der Waals surface area contributed by atoms with Crippen LogP contribution in [0.3, 0.4) is 0 Å². The van der Waals surface area contributed by atoms with E-state index in [0.717, 1.165) is 11.3 Å². The second-order valence-electron chi connectivity index (χ2n) is 4.77. The fourth-order valence-electron chi connectivity index (χ4n) is 2.09. The van der Waals surface area contributed by atoms with Crippen LogP contribution >= 0.6 is 0 Å². The first-order valence-electron chi connectivity index (χ1n) is 6.74. The van der Waals surface area contributed by atoms with Gasteiger partial charge in [0.1, 0.15) is 0 Å². The summed E-state index contributed by atoms with van der Waals surface area (Å²) in [6, 6.07) is 7.02. The van der Waals surface area contributed by atoms with Crippen LogP contribution in [0.2, 0.25) is 0 Å². The number of amides is 2. The van der Waals surface area contributed by atoms with Crippen LogP contribution in [0.5, 0.6) is 0 Å². The van der Waals surface area contributed by atoms with Crippen molar-refractivity contribution in [1.29, 1.82) is 0 Å². The van der Waals surface area contributed by atoms with Gasteiger partial charge in [-0.1, -0.05) is 12.1 Å². The molecule has 1 aromatic heterocycles. The van der Waals surface area contributed by atoms with Gasteiger partial charge in [-0.15, -0.1) is 0 Å². The topological polar surface area (TPSA) is 82.8 Å². The summed E-state index contributed by atoms with van der Waals surface area (Å²) in [5, 5.41) is 4.47. The van der Waals surface area contributed by atoms with Crippen LogP contribution in [-0.4, -0.2) is 28.3 Å². The summed E-state index contributed by atoms with van der Waals surface area (Å²) in [6.45, 7) is 2.45. The first-order chi connectivity index (χ1) is 10.7. The molecule has 22 heavy (non-hydrogen) atoms. The Morgan fingerprint density at radius 1 is 1.36 bits per heavy atom. The summed E-state index contributed by atoms with van der Waals surface area (Å²) in [4.78, 5) is 20.1. The van der Waals surface area contributed by atoms with Crippen molar-refractivity contribution in [3.05, 3.63) is 49.3 Å². The molecule has 112 valence electrons. The van der Waals surface area contributed by atoms with E-state index in [9.17, 15) is 4.79 Å². The van der Waals surface area contributed by atoms with E-state index in [1.54, 1.807) is 29.7 Å². The summed E-state index contributed by atoms with van der Waals surface area (Å²) < 4.78 is 5.29. The Bertz CT molecular complexity index is 721. The van der Waals surface area contributed by atoms with E-state index >= 15 is 0 Å². The summed E-state index contributed by atoms with van der Waals surface area (Å²) in [6.07, 6.45) is 6.30. The Balaban J connectivity index is 1.70. The summed E-state index contributed by atoms with van der Waals surface area (Å²) >= 11 is 0. The van der Waals surface area contributed by atoms with E-state index < -0.39 is 0 Å². The number of hydrogen-bond acceptors (Lipinski definition) is 5. The van der Waals surface area contributed by atoms with Crippen LogP contribution in [-0.2, 0) is 0 Å². The largest absolute Gasteiger partial charge is 0.443 e. The zero-order valence-corrected chi connectivity index (χ0v) is 12.0. The molecule has 0 aliphatic carbocycles. The average molecular weight is 297 g/mol. The SMILES string of the molecule is CC1=NC=CN(NC(=O)Nc2ccccc2-c2cnco2)C1. The van der Waals surface area contributed by atoms with Crippen LogP contribution in [0.15, 0.2) is 58.7 Å². The van der Waals surface area contributed by atoms with Crippen molar-refractivity contribution in [2.45, 2.75) is 6.92 Å². The molecule has 0 fully saturated rings. The predicted molar refractivity (Wildman–Crippen MR) is 83.0 cm³/mol. The molecule has 0 atom stereocenters. The van der Waals surface area contributed by atoms with Gasteiger partial charge in [-0.05, 0) is 19.1 Å². The van der Waals surface area contributed by atoms with Gasteiger partial charge in [0.05, 0.1) is 18.4 Å².